The third kappa shape index (κ3) is 1.27. The lowest BCUT2D eigenvalue weighted by Crippen LogP contribution is -1.67. The standard InChI is InChI=1S/C10H9P/c1-8-6-7-9-4-2-3-5-10(9)11-8/h2-7H,1H3. The van der Waals surface area contributed by atoms with Crippen molar-refractivity contribution in [1.29, 1.82) is 0 Å². The fourth-order valence-electron chi connectivity index (χ4n) is 1.17. The van der Waals surface area contributed by atoms with Gasteiger partial charge < -0.3 is 0 Å². The van der Waals surface area contributed by atoms with Crippen molar-refractivity contribution in [2.75, 3.05) is 0 Å². The molecule has 0 radical (unpaired) electrons. The van der Waals surface area contributed by atoms with Gasteiger partial charge in [-0.15, -0.1) is 0 Å². The quantitative estimate of drug-likeness (QED) is 0.550. The van der Waals surface area contributed by atoms with E-state index in [-0.39, 0.29) is 0 Å². The fourth-order valence-corrected chi connectivity index (χ4v) is 2.14. The van der Waals surface area contributed by atoms with Crippen molar-refractivity contribution < 1.29 is 0 Å². The van der Waals surface area contributed by atoms with Crippen LogP contribution in [-0.2, 0) is 0 Å². The molecule has 0 spiro atoms. The van der Waals surface area contributed by atoms with E-state index in [0.29, 0.717) is 0 Å². The second kappa shape index (κ2) is 2.64. The Balaban J connectivity index is 2.83. The zero-order chi connectivity index (χ0) is 7.68. The molecule has 1 aromatic heterocycles. The van der Waals surface area contributed by atoms with Gasteiger partial charge in [0, 0.05) is 5.12 Å². The van der Waals surface area contributed by atoms with Crippen molar-refractivity contribution in [3.05, 3.63) is 41.7 Å². The Morgan fingerprint density at radius 1 is 1.00 bits per heavy atom. The van der Waals surface area contributed by atoms with Crippen LogP contribution in [0.5, 0.6) is 0 Å². The van der Waals surface area contributed by atoms with E-state index in [1.54, 1.807) is 0 Å². The smallest absolute Gasteiger partial charge is 0.00927 e. The van der Waals surface area contributed by atoms with Gasteiger partial charge in [-0.2, -0.15) is 0 Å². The minimum atomic E-state index is 1.36. The molecule has 0 saturated heterocycles. The Morgan fingerprint density at radius 2 is 1.82 bits per heavy atom. The summed E-state index contributed by atoms with van der Waals surface area (Å²) in [6.07, 6.45) is 0. The van der Waals surface area contributed by atoms with E-state index < -0.39 is 0 Å². The van der Waals surface area contributed by atoms with Gasteiger partial charge in [0.1, 0.15) is 0 Å². The van der Waals surface area contributed by atoms with Gasteiger partial charge in [-0.1, -0.05) is 38.5 Å². The highest BCUT2D eigenvalue weighted by atomic mass is 31.0. The van der Waals surface area contributed by atoms with Crippen molar-refractivity contribution >= 4 is 18.7 Å². The second-order valence-corrected chi connectivity index (χ2v) is 4.06. The van der Waals surface area contributed by atoms with E-state index in [9.17, 15) is 0 Å². The minimum Gasteiger partial charge on any atom is -0.0646 e. The van der Waals surface area contributed by atoms with Crippen LogP contribution < -0.4 is 0 Å². The number of hydrogen-bond donors (Lipinski definition) is 0. The summed E-state index contributed by atoms with van der Waals surface area (Å²) in [5.74, 6) is 0. The van der Waals surface area contributed by atoms with Crippen LogP contribution in [0.4, 0.5) is 0 Å². The average Bonchev–Trinajstić information content (AvgIpc) is 2.04. The number of fused-ring (bicyclic) bond motifs is 1. The summed E-state index contributed by atoms with van der Waals surface area (Å²) in [6, 6.07) is 12.9. The Labute approximate surface area is 68.0 Å². The minimum absolute atomic E-state index is 1.36. The lowest BCUT2D eigenvalue weighted by molar-refractivity contribution is 1.62. The molecule has 0 aliphatic rings. The van der Waals surface area contributed by atoms with Crippen molar-refractivity contribution in [3.63, 3.8) is 0 Å². The largest absolute Gasteiger partial charge is 0.0646 e. The molecular formula is C10H9P. The Morgan fingerprint density at radius 3 is 2.73 bits per heavy atom. The molecule has 2 rings (SSSR count). The van der Waals surface area contributed by atoms with Gasteiger partial charge in [-0.25, -0.2) is 0 Å². The van der Waals surface area contributed by atoms with Gasteiger partial charge >= 0.3 is 0 Å². The van der Waals surface area contributed by atoms with Crippen LogP contribution in [-0.4, -0.2) is 0 Å². The van der Waals surface area contributed by atoms with Gasteiger partial charge in [0.05, 0.1) is 0 Å². The molecular weight excluding hydrogens is 151 g/mol. The molecule has 0 saturated carbocycles. The molecule has 1 heteroatoms. The number of hydrogen-bond acceptors (Lipinski definition) is 0. The molecule has 11 heavy (non-hydrogen) atoms. The molecule has 2 aromatic rings. The lowest BCUT2D eigenvalue weighted by Gasteiger charge is -1.96. The maximum Gasteiger partial charge on any atom is 0.00927 e. The first-order chi connectivity index (χ1) is 5.36. The highest BCUT2D eigenvalue weighted by Gasteiger charge is 1.90. The maximum absolute atomic E-state index is 2.18. The fraction of sp³-hybridized carbons (Fsp3) is 0.100. The predicted molar refractivity (Wildman–Crippen MR) is 51.2 cm³/mol. The molecule has 54 valence electrons. The molecule has 0 aliphatic carbocycles. The summed E-state index contributed by atoms with van der Waals surface area (Å²) in [6.45, 7) is 2.16. The molecule has 0 N–H and O–H groups in total. The Kier molecular flexibility index (Phi) is 1.63. The molecule has 0 unspecified atom stereocenters. The maximum atomic E-state index is 2.18. The Bertz CT molecular complexity index is 379. The summed E-state index contributed by atoms with van der Waals surface area (Å²) in [4.78, 5) is 0. The Hall–Kier alpha value is -0.870. The molecule has 0 bridgehead atoms. The summed E-state index contributed by atoms with van der Waals surface area (Å²) >= 11 is 0. The van der Waals surface area contributed by atoms with E-state index in [4.69, 9.17) is 0 Å². The van der Waals surface area contributed by atoms with Gasteiger partial charge in [0.15, 0.2) is 0 Å². The van der Waals surface area contributed by atoms with E-state index >= 15 is 0 Å². The zero-order valence-electron chi connectivity index (χ0n) is 6.41. The predicted octanol–water partition coefficient (Wildman–Crippen LogP) is 3.73. The summed E-state index contributed by atoms with van der Waals surface area (Å²) in [5.41, 5.74) is 0. The highest BCUT2D eigenvalue weighted by Crippen LogP contribution is 2.25. The first-order valence-corrected chi connectivity index (χ1v) is 4.58. The van der Waals surface area contributed by atoms with Gasteiger partial charge in [-0.3, -0.25) is 0 Å². The SMILES string of the molecule is Cc1ccc2ccccc2p1. The van der Waals surface area contributed by atoms with Crippen LogP contribution >= 0.6 is 8.19 Å². The molecule has 1 aromatic carbocycles. The number of rotatable bonds is 0. The normalized spacial score (nSPS) is 11.0. The summed E-state index contributed by atoms with van der Waals surface area (Å²) in [7, 11) is 1.36. The molecule has 0 atom stereocenters. The van der Waals surface area contributed by atoms with E-state index in [2.05, 4.69) is 43.3 Å². The van der Waals surface area contributed by atoms with Crippen LogP contribution in [0.2, 0.25) is 0 Å². The van der Waals surface area contributed by atoms with Gasteiger partial charge in [0.2, 0.25) is 0 Å². The topological polar surface area (TPSA) is 0 Å². The molecule has 0 amide bonds. The summed E-state index contributed by atoms with van der Waals surface area (Å²) < 4.78 is 0. The molecule has 1 heterocycles. The van der Waals surface area contributed by atoms with E-state index in [1.165, 1.54) is 24.0 Å². The van der Waals surface area contributed by atoms with Crippen LogP contribution in [0.25, 0.3) is 10.5 Å². The van der Waals surface area contributed by atoms with E-state index in [1.807, 2.05) is 0 Å². The van der Waals surface area contributed by atoms with Crippen LogP contribution in [0.15, 0.2) is 36.4 Å². The number of aryl methyl sites for hydroxylation is 1. The van der Waals surface area contributed by atoms with Gasteiger partial charge in [-0.05, 0) is 23.7 Å². The van der Waals surface area contributed by atoms with Crippen molar-refractivity contribution in [1.82, 2.24) is 0 Å². The average molecular weight is 160 g/mol. The highest BCUT2D eigenvalue weighted by molar-refractivity contribution is 7.37. The zero-order valence-corrected chi connectivity index (χ0v) is 7.31. The van der Waals surface area contributed by atoms with Crippen LogP contribution in [0.3, 0.4) is 0 Å². The van der Waals surface area contributed by atoms with Crippen LogP contribution in [0.1, 0.15) is 5.30 Å². The molecule has 0 nitrogen and oxygen atoms in total. The molecule has 0 aliphatic heterocycles. The van der Waals surface area contributed by atoms with Gasteiger partial charge in [0.25, 0.3) is 0 Å². The van der Waals surface area contributed by atoms with Crippen molar-refractivity contribution in [2.45, 2.75) is 6.92 Å². The first-order valence-electron chi connectivity index (χ1n) is 3.69. The first kappa shape index (κ1) is 6.82. The lowest BCUT2D eigenvalue weighted by atomic mass is 10.2. The number of benzene rings is 1. The monoisotopic (exact) mass is 160 g/mol. The third-order valence-electron chi connectivity index (χ3n) is 1.74. The van der Waals surface area contributed by atoms with E-state index in [0.717, 1.165) is 0 Å². The second-order valence-electron chi connectivity index (χ2n) is 2.65. The van der Waals surface area contributed by atoms with Crippen molar-refractivity contribution in [2.24, 2.45) is 0 Å². The third-order valence-corrected chi connectivity index (χ3v) is 2.89. The molecule has 0 fully saturated rings. The van der Waals surface area contributed by atoms with Crippen molar-refractivity contribution in [3.8, 4) is 0 Å². The van der Waals surface area contributed by atoms with Crippen LogP contribution in [0, 0.1) is 6.92 Å². The summed E-state index contributed by atoms with van der Waals surface area (Å²) in [5, 5.41) is 4.20.